The second-order valence-corrected chi connectivity index (χ2v) is 6.35. The van der Waals surface area contributed by atoms with Gasteiger partial charge in [0.15, 0.2) is 6.29 Å². The number of hydrogen-bond acceptors (Lipinski definition) is 3. The number of benzene rings is 1. The molecule has 1 aromatic carbocycles. The molecule has 2 N–H and O–H groups in total. The maximum Gasteiger partial charge on any atom is 0.339 e. The lowest BCUT2D eigenvalue weighted by molar-refractivity contribution is -0.186. The van der Waals surface area contributed by atoms with E-state index in [2.05, 4.69) is 42.8 Å². The maximum atomic E-state index is 12.1. The van der Waals surface area contributed by atoms with E-state index >= 15 is 0 Å². The number of urea groups is 1. The summed E-state index contributed by atoms with van der Waals surface area (Å²) in [5, 5.41) is 3.02. The van der Waals surface area contributed by atoms with Gasteiger partial charge in [0.25, 0.3) is 0 Å². The van der Waals surface area contributed by atoms with E-state index in [9.17, 15) is 4.79 Å². The van der Waals surface area contributed by atoms with Crippen LogP contribution in [0.25, 0.3) is 0 Å². The quantitative estimate of drug-likeness (QED) is 0.844. The summed E-state index contributed by atoms with van der Waals surface area (Å²) in [6, 6.07) is 6.17. The molecule has 5 nitrogen and oxygen atoms in total. The predicted molar refractivity (Wildman–Crippen MR) is 83.1 cm³/mol. The van der Waals surface area contributed by atoms with Crippen LogP contribution in [-0.4, -0.2) is 18.9 Å². The van der Waals surface area contributed by atoms with Gasteiger partial charge >= 0.3 is 6.03 Å². The molecule has 2 amide bonds. The number of hydrogen-bond donors (Lipinski definition) is 2. The summed E-state index contributed by atoms with van der Waals surface area (Å²) in [6.45, 7) is 4.93. The van der Waals surface area contributed by atoms with Gasteiger partial charge in [-0.15, -0.1) is 0 Å². The SMILES string of the molecule is Cc1ccc2c(c1)[C@H](NC(=O)NO[C@H]1CCCCO1)[C@@H](C)C2. The molecule has 0 bridgehead atoms. The first kappa shape index (κ1) is 15.3. The summed E-state index contributed by atoms with van der Waals surface area (Å²) in [4.78, 5) is 17.4. The van der Waals surface area contributed by atoms with Crippen LogP contribution in [0.15, 0.2) is 18.2 Å². The largest absolute Gasteiger partial charge is 0.350 e. The number of carbonyl (C=O) groups excluding carboxylic acids is 1. The lowest BCUT2D eigenvalue weighted by Crippen LogP contribution is -2.41. The van der Waals surface area contributed by atoms with Crippen molar-refractivity contribution < 1.29 is 14.4 Å². The Morgan fingerprint density at radius 2 is 2.23 bits per heavy atom. The van der Waals surface area contributed by atoms with Crippen LogP contribution >= 0.6 is 0 Å². The molecule has 0 spiro atoms. The van der Waals surface area contributed by atoms with E-state index < -0.39 is 0 Å². The Morgan fingerprint density at radius 3 is 3.00 bits per heavy atom. The van der Waals surface area contributed by atoms with E-state index in [4.69, 9.17) is 9.57 Å². The summed E-state index contributed by atoms with van der Waals surface area (Å²) >= 11 is 0. The van der Waals surface area contributed by atoms with E-state index in [-0.39, 0.29) is 18.4 Å². The second-order valence-electron chi connectivity index (χ2n) is 6.35. The molecule has 0 saturated carbocycles. The van der Waals surface area contributed by atoms with Crippen LogP contribution in [0.3, 0.4) is 0 Å². The van der Waals surface area contributed by atoms with Gasteiger partial charge in [-0.3, -0.25) is 0 Å². The topological polar surface area (TPSA) is 59.6 Å². The van der Waals surface area contributed by atoms with Crippen molar-refractivity contribution in [3.05, 3.63) is 34.9 Å². The molecule has 120 valence electrons. The highest BCUT2D eigenvalue weighted by Crippen LogP contribution is 2.36. The summed E-state index contributed by atoms with van der Waals surface area (Å²) in [5.74, 6) is 0.383. The first-order valence-electron chi connectivity index (χ1n) is 8.06. The highest BCUT2D eigenvalue weighted by Gasteiger charge is 2.30. The molecule has 0 unspecified atom stereocenters. The Morgan fingerprint density at radius 1 is 1.36 bits per heavy atom. The van der Waals surface area contributed by atoms with Gasteiger partial charge in [0, 0.05) is 13.0 Å². The Balaban J connectivity index is 1.56. The first-order chi connectivity index (χ1) is 10.6. The third-order valence-electron chi connectivity index (χ3n) is 4.45. The van der Waals surface area contributed by atoms with Gasteiger partial charge in [0.1, 0.15) is 0 Å². The van der Waals surface area contributed by atoms with Gasteiger partial charge < -0.3 is 10.1 Å². The third-order valence-corrected chi connectivity index (χ3v) is 4.45. The van der Waals surface area contributed by atoms with Crippen LogP contribution < -0.4 is 10.8 Å². The van der Waals surface area contributed by atoms with Gasteiger partial charge in [-0.25, -0.2) is 15.1 Å². The predicted octanol–water partition coefficient (Wildman–Crippen LogP) is 2.99. The Labute approximate surface area is 131 Å². The van der Waals surface area contributed by atoms with Crippen LogP contribution in [-0.2, 0) is 16.0 Å². The van der Waals surface area contributed by atoms with Crippen molar-refractivity contribution >= 4 is 6.03 Å². The molecule has 22 heavy (non-hydrogen) atoms. The number of carbonyl (C=O) groups is 1. The van der Waals surface area contributed by atoms with Crippen molar-refractivity contribution in [1.82, 2.24) is 10.8 Å². The fourth-order valence-corrected chi connectivity index (χ4v) is 3.28. The molecule has 1 aromatic rings. The number of rotatable bonds is 3. The zero-order valence-corrected chi connectivity index (χ0v) is 13.2. The monoisotopic (exact) mass is 304 g/mol. The minimum absolute atomic E-state index is 0.0331. The number of fused-ring (bicyclic) bond motifs is 1. The van der Waals surface area contributed by atoms with Crippen molar-refractivity contribution in [3.63, 3.8) is 0 Å². The van der Waals surface area contributed by atoms with Crippen LogP contribution in [0.2, 0.25) is 0 Å². The number of amides is 2. The van der Waals surface area contributed by atoms with Crippen molar-refractivity contribution in [2.75, 3.05) is 6.61 Å². The van der Waals surface area contributed by atoms with Gasteiger partial charge in [-0.1, -0.05) is 30.7 Å². The molecular weight excluding hydrogens is 280 g/mol. The highest BCUT2D eigenvalue weighted by atomic mass is 16.8. The van der Waals surface area contributed by atoms with Crippen molar-refractivity contribution in [2.45, 2.75) is 51.9 Å². The minimum Gasteiger partial charge on any atom is -0.350 e. The highest BCUT2D eigenvalue weighted by molar-refractivity contribution is 5.73. The third kappa shape index (κ3) is 3.42. The number of hydroxylamine groups is 1. The maximum absolute atomic E-state index is 12.1. The number of nitrogens with one attached hydrogen (secondary N) is 2. The second kappa shape index (κ2) is 6.67. The summed E-state index contributed by atoms with van der Waals surface area (Å²) < 4.78 is 5.43. The van der Waals surface area contributed by atoms with Crippen molar-refractivity contribution in [3.8, 4) is 0 Å². The molecule has 1 aliphatic heterocycles. The molecular formula is C17H24N2O3. The lowest BCUT2D eigenvalue weighted by atomic mass is 10.0. The fraction of sp³-hybridized carbons (Fsp3) is 0.588. The molecule has 1 heterocycles. The average molecular weight is 304 g/mol. The van der Waals surface area contributed by atoms with E-state index in [0.717, 1.165) is 25.7 Å². The van der Waals surface area contributed by atoms with E-state index in [1.807, 2.05) is 0 Å². The average Bonchev–Trinajstić information content (AvgIpc) is 2.82. The molecule has 1 saturated heterocycles. The zero-order chi connectivity index (χ0) is 15.5. The van der Waals surface area contributed by atoms with Crippen molar-refractivity contribution in [1.29, 1.82) is 0 Å². The molecule has 1 fully saturated rings. The van der Waals surface area contributed by atoms with E-state index in [1.165, 1.54) is 16.7 Å². The normalized spacial score (nSPS) is 27.3. The van der Waals surface area contributed by atoms with Gasteiger partial charge in [0.05, 0.1) is 6.04 Å². The molecule has 3 rings (SSSR count). The molecule has 5 heteroatoms. The van der Waals surface area contributed by atoms with Gasteiger partial charge in [-0.2, -0.15) is 0 Å². The van der Waals surface area contributed by atoms with Crippen LogP contribution in [0, 0.1) is 12.8 Å². The molecule has 2 aliphatic rings. The smallest absolute Gasteiger partial charge is 0.339 e. The zero-order valence-electron chi connectivity index (χ0n) is 13.2. The summed E-state index contributed by atoms with van der Waals surface area (Å²) in [5.41, 5.74) is 6.22. The standard InChI is InChI=1S/C17H24N2O3/c1-11-6-7-13-10-12(2)16(14(13)9-11)18-17(20)19-22-15-5-3-4-8-21-15/h6-7,9,12,15-16H,3-5,8,10H2,1-2H3,(H2,18,19,20)/t12-,15-,16+/m0/s1. The fourth-order valence-electron chi connectivity index (χ4n) is 3.28. The van der Waals surface area contributed by atoms with Crippen LogP contribution in [0.4, 0.5) is 4.79 Å². The van der Waals surface area contributed by atoms with Gasteiger partial charge in [0.2, 0.25) is 0 Å². The van der Waals surface area contributed by atoms with Crippen LogP contribution in [0.5, 0.6) is 0 Å². The van der Waals surface area contributed by atoms with E-state index in [0.29, 0.717) is 12.5 Å². The summed E-state index contributed by atoms with van der Waals surface area (Å²) in [6.07, 6.45) is 3.62. The lowest BCUT2D eigenvalue weighted by Gasteiger charge is -2.24. The van der Waals surface area contributed by atoms with Crippen molar-refractivity contribution in [2.24, 2.45) is 5.92 Å². The van der Waals surface area contributed by atoms with Gasteiger partial charge in [-0.05, 0) is 43.2 Å². The number of ether oxygens (including phenoxy) is 1. The molecule has 3 atom stereocenters. The van der Waals surface area contributed by atoms with E-state index in [1.54, 1.807) is 0 Å². The van der Waals surface area contributed by atoms with Crippen LogP contribution in [0.1, 0.15) is 48.9 Å². The minimum atomic E-state index is -0.324. The molecule has 0 radical (unpaired) electrons. The Hall–Kier alpha value is -1.59. The molecule has 1 aliphatic carbocycles. The first-order valence-corrected chi connectivity index (χ1v) is 8.06. The number of aryl methyl sites for hydroxylation is 1. The summed E-state index contributed by atoms with van der Waals surface area (Å²) in [7, 11) is 0. The Kier molecular flexibility index (Phi) is 4.64. The Bertz CT molecular complexity index is 541. The molecule has 0 aromatic heterocycles.